The summed E-state index contributed by atoms with van der Waals surface area (Å²) in [5, 5.41) is 8.02. The minimum atomic E-state index is -0.763. The van der Waals surface area contributed by atoms with Crippen LogP contribution < -0.4 is 10.7 Å². The molecular weight excluding hydrogens is 472 g/mol. The number of thioether (sulfide) groups is 1. The predicted octanol–water partition coefficient (Wildman–Crippen LogP) is 4.27. The molecule has 1 saturated heterocycles. The molecule has 2 saturated carbocycles. The molecule has 8 heteroatoms. The van der Waals surface area contributed by atoms with Gasteiger partial charge in [-0.2, -0.15) is 0 Å². The van der Waals surface area contributed by atoms with E-state index in [0.717, 1.165) is 82.8 Å². The minimum Gasteiger partial charge on any atom is -0.349 e. The molecule has 2 N–H and O–H groups in total. The summed E-state index contributed by atoms with van der Waals surface area (Å²) in [7, 11) is 1.97. The van der Waals surface area contributed by atoms with Crippen LogP contribution in [0.15, 0.2) is 35.4 Å². The van der Waals surface area contributed by atoms with Gasteiger partial charge in [0.15, 0.2) is 5.17 Å². The van der Waals surface area contributed by atoms with E-state index in [-0.39, 0.29) is 23.8 Å². The third-order valence-corrected chi connectivity index (χ3v) is 9.16. The van der Waals surface area contributed by atoms with E-state index in [4.69, 9.17) is 0 Å². The van der Waals surface area contributed by atoms with Crippen LogP contribution in [0.4, 0.5) is 0 Å². The van der Waals surface area contributed by atoms with Crippen molar-refractivity contribution < 1.29 is 14.4 Å². The summed E-state index contributed by atoms with van der Waals surface area (Å²) in [4.78, 5) is 41.4. The van der Waals surface area contributed by atoms with E-state index in [1.54, 1.807) is 11.8 Å². The van der Waals surface area contributed by atoms with E-state index >= 15 is 0 Å². The monoisotopic (exact) mass is 512 g/mol. The number of hydrogen-bond acceptors (Lipinski definition) is 5. The Bertz CT molecular complexity index is 924. The fraction of sp³-hybridized carbons (Fsp3) is 0.643. The Balaban J connectivity index is 1.37. The summed E-state index contributed by atoms with van der Waals surface area (Å²) in [6, 6.07) is 9.82. The van der Waals surface area contributed by atoms with Gasteiger partial charge in [0.2, 0.25) is 11.7 Å². The molecule has 3 aliphatic rings. The summed E-state index contributed by atoms with van der Waals surface area (Å²) in [6.45, 7) is 0. The van der Waals surface area contributed by atoms with Crippen LogP contribution in [0.25, 0.3) is 0 Å². The maximum atomic E-state index is 13.3. The van der Waals surface area contributed by atoms with Gasteiger partial charge in [0.05, 0.1) is 0 Å². The Morgan fingerprint density at radius 1 is 0.972 bits per heavy atom. The van der Waals surface area contributed by atoms with E-state index in [0.29, 0.717) is 5.17 Å². The molecule has 2 amide bonds. The zero-order valence-electron chi connectivity index (χ0n) is 21.4. The number of amidine groups is 1. The average molecular weight is 513 g/mol. The molecule has 1 aliphatic heterocycles. The Morgan fingerprint density at radius 2 is 1.61 bits per heavy atom. The maximum Gasteiger partial charge on any atom is 0.309 e. The molecule has 1 aromatic carbocycles. The van der Waals surface area contributed by atoms with Gasteiger partial charge in [-0.25, -0.2) is 5.43 Å². The van der Waals surface area contributed by atoms with Crippen molar-refractivity contribution in [3.63, 3.8) is 0 Å². The van der Waals surface area contributed by atoms with Crippen LogP contribution in [0, 0.1) is 11.8 Å². The molecule has 1 heterocycles. The zero-order valence-corrected chi connectivity index (χ0v) is 22.2. The summed E-state index contributed by atoms with van der Waals surface area (Å²) < 4.78 is 0. The first kappa shape index (κ1) is 26.7. The van der Waals surface area contributed by atoms with Crippen LogP contribution in [0.1, 0.15) is 76.2 Å². The minimum absolute atomic E-state index is 0.0122. The van der Waals surface area contributed by atoms with Crippen LogP contribution in [0.3, 0.4) is 0 Å². The van der Waals surface area contributed by atoms with Crippen molar-refractivity contribution in [2.45, 2.75) is 89.1 Å². The molecule has 7 nitrogen and oxygen atoms in total. The number of rotatable bonds is 8. The zero-order chi connectivity index (χ0) is 25.3. The number of benzene rings is 1. The van der Waals surface area contributed by atoms with Crippen LogP contribution in [0.5, 0.6) is 0 Å². The van der Waals surface area contributed by atoms with Gasteiger partial charge in [0, 0.05) is 24.8 Å². The van der Waals surface area contributed by atoms with Gasteiger partial charge < -0.3 is 10.2 Å². The van der Waals surface area contributed by atoms with Gasteiger partial charge in [0.25, 0.3) is 0 Å². The third kappa shape index (κ3) is 7.11. The highest BCUT2D eigenvalue weighted by atomic mass is 32.2. The number of likely N-dealkylation sites (N-methyl/N-ethyl adjacent to an activating group) is 1. The number of ketones is 1. The molecule has 2 aliphatic carbocycles. The number of nitrogens with zero attached hydrogens (tertiary/aromatic N) is 2. The van der Waals surface area contributed by atoms with E-state index in [9.17, 15) is 14.4 Å². The number of carbonyl (C=O) groups excluding carboxylic acids is 3. The second kappa shape index (κ2) is 13.3. The summed E-state index contributed by atoms with van der Waals surface area (Å²) in [6.07, 6.45) is 12.0. The number of amides is 2. The highest BCUT2D eigenvalue weighted by Crippen LogP contribution is 2.29. The molecule has 0 aromatic heterocycles. The van der Waals surface area contributed by atoms with Gasteiger partial charge in [-0.05, 0) is 43.6 Å². The van der Waals surface area contributed by atoms with E-state index in [1.807, 2.05) is 25.2 Å². The number of hydrazone groups is 1. The van der Waals surface area contributed by atoms with Crippen molar-refractivity contribution >= 4 is 34.5 Å². The number of nitrogens with one attached hydrogen (secondary N) is 2. The third-order valence-electron chi connectivity index (χ3n) is 7.97. The molecule has 0 bridgehead atoms. The van der Waals surface area contributed by atoms with Crippen molar-refractivity contribution in [3.8, 4) is 0 Å². The van der Waals surface area contributed by atoms with E-state index < -0.39 is 17.7 Å². The highest BCUT2D eigenvalue weighted by Gasteiger charge is 2.36. The number of hydrogen-bond donors (Lipinski definition) is 2. The van der Waals surface area contributed by atoms with E-state index in [2.05, 4.69) is 32.9 Å². The quantitative estimate of drug-likeness (QED) is 0.308. The van der Waals surface area contributed by atoms with Gasteiger partial charge in [0.1, 0.15) is 6.04 Å². The van der Waals surface area contributed by atoms with Crippen molar-refractivity contribution in [2.75, 3.05) is 12.8 Å². The molecule has 36 heavy (non-hydrogen) atoms. The van der Waals surface area contributed by atoms with Gasteiger partial charge in [-0.1, -0.05) is 87.0 Å². The predicted molar refractivity (Wildman–Crippen MR) is 144 cm³/mol. The number of Topliss-reactive ketones (excluding diaryl/α,β-unsaturated/α-hetero) is 1. The molecule has 3 fully saturated rings. The van der Waals surface area contributed by atoms with Crippen LogP contribution in [0.2, 0.25) is 0 Å². The Morgan fingerprint density at radius 3 is 2.31 bits per heavy atom. The standard InChI is InChI=1S/C28H40N4O3S/c1-32-23(18-20-12-6-4-7-13-20)19-36-28(32)31-30-27(35)25(33)24(21-14-10-5-11-15-21)29-26(34)22-16-8-2-3-9-17-22/h4,6-7,12-13,21-24H,2-3,5,8-11,14-19H2,1H3,(H,29,34)(H,30,35). The summed E-state index contributed by atoms with van der Waals surface area (Å²) in [5.74, 6) is -0.539. The van der Waals surface area contributed by atoms with Crippen LogP contribution >= 0.6 is 11.8 Å². The molecule has 0 spiro atoms. The molecule has 2 unspecified atom stereocenters. The van der Waals surface area contributed by atoms with Gasteiger partial charge in [-0.3, -0.25) is 14.4 Å². The van der Waals surface area contributed by atoms with Crippen LogP contribution in [-0.4, -0.2) is 52.5 Å². The molecule has 4 rings (SSSR count). The SMILES string of the molecule is CN1C(=NNC(=O)C(=O)C(NC(=O)C2CCCCCC2)C2CCCCC2)SCC1Cc1ccccc1. The normalized spacial score (nSPS) is 23.8. The number of carbonyl (C=O) groups is 3. The van der Waals surface area contributed by atoms with Crippen molar-refractivity contribution in [3.05, 3.63) is 35.9 Å². The first-order chi connectivity index (χ1) is 17.5. The van der Waals surface area contributed by atoms with Crippen molar-refractivity contribution in [1.29, 1.82) is 0 Å². The Labute approximate surface area is 219 Å². The molecule has 2 atom stereocenters. The highest BCUT2D eigenvalue weighted by molar-refractivity contribution is 8.14. The second-order valence-corrected chi connectivity index (χ2v) is 11.5. The lowest BCUT2D eigenvalue weighted by molar-refractivity contribution is -0.141. The fourth-order valence-corrected chi connectivity index (χ4v) is 6.85. The van der Waals surface area contributed by atoms with Crippen LogP contribution in [-0.2, 0) is 20.8 Å². The molecule has 0 radical (unpaired) electrons. The second-order valence-electron chi connectivity index (χ2n) is 10.5. The van der Waals surface area contributed by atoms with Crippen molar-refractivity contribution in [2.24, 2.45) is 16.9 Å². The Hall–Kier alpha value is -2.35. The molecule has 1 aromatic rings. The maximum absolute atomic E-state index is 13.3. The van der Waals surface area contributed by atoms with E-state index in [1.165, 1.54) is 5.56 Å². The van der Waals surface area contributed by atoms with Crippen molar-refractivity contribution in [1.82, 2.24) is 15.6 Å². The first-order valence-electron chi connectivity index (χ1n) is 13.6. The Kier molecular flexibility index (Phi) is 9.84. The fourth-order valence-electron chi connectivity index (χ4n) is 5.71. The largest absolute Gasteiger partial charge is 0.349 e. The van der Waals surface area contributed by atoms with Gasteiger partial charge >= 0.3 is 5.91 Å². The average Bonchev–Trinajstić information content (AvgIpc) is 3.09. The first-order valence-corrected chi connectivity index (χ1v) is 14.6. The lowest BCUT2D eigenvalue weighted by atomic mass is 9.81. The van der Waals surface area contributed by atoms with Gasteiger partial charge in [-0.15, -0.1) is 5.10 Å². The topological polar surface area (TPSA) is 90.9 Å². The smallest absolute Gasteiger partial charge is 0.309 e. The summed E-state index contributed by atoms with van der Waals surface area (Å²) in [5.41, 5.74) is 3.77. The molecule has 196 valence electrons. The molecular formula is C28H40N4O3S. The lowest BCUT2D eigenvalue weighted by Gasteiger charge is -2.30. The lowest BCUT2D eigenvalue weighted by Crippen LogP contribution is -2.52. The summed E-state index contributed by atoms with van der Waals surface area (Å²) >= 11 is 1.58.